The molecule has 1 saturated heterocycles. The van der Waals surface area contributed by atoms with Gasteiger partial charge in [0.1, 0.15) is 0 Å². The van der Waals surface area contributed by atoms with Crippen molar-refractivity contribution in [2.75, 3.05) is 18.0 Å². The zero-order valence-electron chi connectivity index (χ0n) is 10.1. The minimum absolute atomic E-state index is 0.468. The van der Waals surface area contributed by atoms with E-state index in [4.69, 9.17) is 5.73 Å². The van der Waals surface area contributed by atoms with E-state index in [9.17, 15) is 0 Å². The highest BCUT2D eigenvalue weighted by molar-refractivity contribution is 5.33. The molecule has 90 valence electrons. The fourth-order valence-corrected chi connectivity index (χ4v) is 2.49. The van der Waals surface area contributed by atoms with E-state index in [1.807, 2.05) is 12.4 Å². The van der Waals surface area contributed by atoms with Crippen molar-refractivity contribution in [3.05, 3.63) is 12.4 Å². The smallest absolute Gasteiger partial charge is 0.205 e. The number of hydrogen-bond donors (Lipinski definition) is 1. The summed E-state index contributed by atoms with van der Waals surface area (Å²) in [6.07, 6.45) is 9.01. The average molecular weight is 222 g/mol. The number of aromatic nitrogens is 2. The van der Waals surface area contributed by atoms with Gasteiger partial charge in [0.05, 0.1) is 0 Å². The van der Waals surface area contributed by atoms with Gasteiger partial charge in [-0.15, -0.1) is 0 Å². The van der Waals surface area contributed by atoms with Gasteiger partial charge in [0.2, 0.25) is 5.95 Å². The number of imidazole rings is 1. The largest absolute Gasteiger partial charge is 0.338 e. The highest BCUT2D eigenvalue weighted by atomic mass is 15.3. The van der Waals surface area contributed by atoms with Crippen LogP contribution in [0.5, 0.6) is 0 Å². The Balaban J connectivity index is 2.21. The predicted octanol–water partition coefficient (Wildman–Crippen LogP) is 1.61. The summed E-state index contributed by atoms with van der Waals surface area (Å²) in [5.41, 5.74) is 5.88. The SMILES string of the molecule is CCn1ccnc1N1CCCCCC1CN. The molecule has 16 heavy (non-hydrogen) atoms. The summed E-state index contributed by atoms with van der Waals surface area (Å²) >= 11 is 0. The molecular weight excluding hydrogens is 200 g/mol. The first kappa shape index (κ1) is 11.5. The summed E-state index contributed by atoms with van der Waals surface area (Å²) in [4.78, 5) is 6.88. The molecule has 0 spiro atoms. The second-order valence-electron chi connectivity index (χ2n) is 4.45. The van der Waals surface area contributed by atoms with Crippen molar-refractivity contribution in [3.63, 3.8) is 0 Å². The topological polar surface area (TPSA) is 47.1 Å². The number of rotatable bonds is 3. The van der Waals surface area contributed by atoms with Crippen molar-refractivity contribution in [1.82, 2.24) is 9.55 Å². The average Bonchev–Trinajstić information content (AvgIpc) is 2.66. The summed E-state index contributed by atoms with van der Waals surface area (Å²) < 4.78 is 2.20. The lowest BCUT2D eigenvalue weighted by atomic mass is 10.1. The van der Waals surface area contributed by atoms with Crippen LogP contribution in [0.2, 0.25) is 0 Å². The van der Waals surface area contributed by atoms with Crippen molar-refractivity contribution >= 4 is 5.95 Å². The van der Waals surface area contributed by atoms with Crippen LogP contribution in [0.25, 0.3) is 0 Å². The molecule has 1 aliphatic rings. The third-order valence-corrected chi connectivity index (χ3v) is 3.44. The maximum absolute atomic E-state index is 5.88. The zero-order valence-corrected chi connectivity index (χ0v) is 10.1. The van der Waals surface area contributed by atoms with Crippen molar-refractivity contribution in [3.8, 4) is 0 Å². The van der Waals surface area contributed by atoms with Gasteiger partial charge in [0.15, 0.2) is 0 Å². The van der Waals surface area contributed by atoms with Crippen molar-refractivity contribution in [2.45, 2.75) is 45.2 Å². The Labute approximate surface area is 97.4 Å². The predicted molar refractivity (Wildman–Crippen MR) is 66.6 cm³/mol. The molecule has 1 aromatic heterocycles. The van der Waals surface area contributed by atoms with Crippen molar-refractivity contribution < 1.29 is 0 Å². The molecule has 0 aliphatic carbocycles. The van der Waals surface area contributed by atoms with Gasteiger partial charge in [-0.25, -0.2) is 4.98 Å². The minimum Gasteiger partial charge on any atom is -0.338 e. The number of hydrogen-bond acceptors (Lipinski definition) is 3. The van der Waals surface area contributed by atoms with Crippen LogP contribution in [0.15, 0.2) is 12.4 Å². The Kier molecular flexibility index (Phi) is 3.83. The van der Waals surface area contributed by atoms with Gasteiger partial charge in [-0.3, -0.25) is 0 Å². The molecular formula is C12H22N4. The summed E-state index contributed by atoms with van der Waals surface area (Å²) in [5.74, 6) is 1.10. The molecule has 1 atom stereocenters. The molecule has 2 N–H and O–H groups in total. The zero-order chi connectivity index (χ0) is 11.4. The van der Waals surface area contributed by atoms with E-state index >= 15 is 0 Å². The number of nitrogens with zero attached hydrogens (tertiary/aromatic N) is 3. The third kappa shape index (κ3) is 2.21. The molecule has 0 saturated carbocycles. The van der Waals surface area contributed by atoms with Gasteiger partial charge >= 0.3 is 0 Å². The van der Waals surface area contributed by atoms with Crippen molar-refractivity contribution in [1.29, 1.82) is 0 Å². The van der Waals surface area contributed by atoms with E-state index in [1.165, 1.54) is 25.7 Å². The monoisotopic (exact) mass is 222 g/mol. The maximum Gasteiger partial charge on any atom is 0.205 e. The first-order valence-corrected chi connectivity index (χ1v) is 6.34. The molecule has 4 nitrogen and oxygen atoms in total. The molecule has 2 rings (SSSR count). The summed E-state index contributed by atoms with van der Waals surface area (Å²) in [7, 11) is 0. The number of nitrogens with two attached hydrogens (primary N) is 1. The minimum atomic E-state index is 0.468. The van der Waals surface area contributed by atoms with Crippen LogP contribution in [0.4, 0.5) is 5.95 Å². The van der Waals surface area contributed by atoms with Crippen LogP contribution in [0.1, 0.15) is 32.6 Å². The van der Waals surface area contributed by atoms with Crippen molar-refractivity contribution in [2.24, 2.45) is 5.73 Å². The molecule has 0 amide bonds. The molecule has 0 bridgehead atoms. The van der Waals surface area contributed by atoms with E-state index < -0.39 is 0 Å². The Morgan fingerprint density at radius 3 is 3.06 bits per heavy atom. The standard InChI is InChI=1S/C12H22N4/c1-2-15-9-7-14-12(15)16-8-5-3-4-6-11(16)10-13/h7,9,11H,2-6,8,10,13H2,1H3. The summed E-state index contributed by atoms with van der Waals surface area (Å²) in [5, 5.41) is 0. The molecule has 0 aromatic carbocycles. The first-order chi connectivity index (χ1) is 7.86. The Morgan fingerprint density at radius 2 is 2.31 bits per heavy atom. The maximum atomic E-state index is 5.88. The molecule has 1 unspecified atom stereocenters. The van der Waals surface area contributed by atoms with Gasteiger partial charge in [-0.2, -0.15) is 0 Å². The first-order valence-electron chi connectivity index (χ1n) is 6.34. The van der Waals surface area contributed by atoms with Gasteiger partial charge in [-0.1, -0.05) is 12.8 Å². The molecule has 0 radical (unpaired) electrons. The van der Waals surface area contributed by atoms with Gasteiger partial charge in [0, 0.05) is 38.1 Å². The molecule has 4 heteroatoms. The molecule has 1 aromatic rings. The van der Waals surface area contributed by atoms with E-state index in [-0.39, 0.29) is 0 Å². The van der Waals surface area contributed by atoms with Crippen LogP contribution in [-0.4, -0.2) is 28.7 Å². The van der Waals surface area contributed by atoms with E-state index in [0.29, 0.717) is 6.04 Å². The van der Waals surface area contributed by atoms with Gasteiger partial charge in [0.25, 0.3) is 0 Å². The second kappa shape index (κ2) is 5.34. The third-order valence-electron chi connectivity index (χ3n) is 3.44. The van der Waals surface area contributed by atoms with Crippen LogP contribution < -0.4 is 10.6 Å². The van der Waals surface area contributed by atoms with Gasteiger partial charge in [-0.05, 0) is 19.8 Å². The fraction of sp³-hybridized carbons (Fsp3) is 0.750. The number of anilines is 1. The van der Waals surface area contributed by atoms with Crippen LogP contribution in [0, 0.1) is 0 Å². The Hall–Kier alpha value is -1.03. The van der Waals surface area contributed by atoms with Gasteiger partial charge < -0.3 is 15.2 Å². The Morgan fingerprint density at radius 1 is 1.44 bits per heavy atom. The quantitative estimate of drug-likeness (QED) is 0.845. The van der Waals surface area contributed by atoms with Crippen LogP contribution >= 0.6 is 0 Å². The molecule has 2 heterocycles. The summed E-state index contributed by atoms with van der Waals surface area (Å²) in [6, 6.07) is 0.468. The molecule has 1 fully saturated rings. The highest BCUT2D eigenvalue weighted by Crippen LogP contribution is 2.22. The van der Waals surface area contributed by atoms with Crippen LogP contribution in [0.3, 0.4) is 0 Å². The lowest BCUT2D eigenvalue weighted by Crippen LogP contribution is -2.41. The molecule has 1 aliphatic heterocycles. The van der Waals surface area contributed by atoms with E-state index in [2.05, 4.69) is 21.4 Å². The second-order valence-corrected chi connectivity index (χ2v) is 4.45. The van der Waals surface area contributed by atoms with E-state index in [0.717, 1.165) is 25.6 Å². The number of aryl methyl sites for hydroxylation is 1. The van der Waals surface area contributed by atoms with E-state index in [1.54, 1.807) is 0 Å². The lowest BCUT2D eigenvalue weighted by molar-refractivity contribution is 0.558. The Bertz CT molecular complexity index is 321. The summed E-state index contributed by atoms with van der Waals surface area (Å²) in [6.45, 7) is 4.96. The van der Waals surface area contributed by atoms with Crippen LogP contribution in [-0.2, 0) is 6.54 Å². The normalized spacial score (nSPS) is 22.1. The fourth-order valence-electron chi connectivity index (χ4n) is 2.49. The lowest BCUT2D eigenvalue weighted by Gasteiger charge is -2.30. The highest BCUT2D eigenvalue weighted by Gasteiger charge is 2.22.